The van der Waals surface area contributed by atoms with Crippen molar-refractivity contribution in [1.29, 1.82) is 0 Å². The predicted molar refractivity (Wildman–Crippen MR) is 172 cm³/mol. The van der Waals surface area contributed by atoms with Crippen molar-refractivity contribution < 1.29 is 0 Å². The molecule has 0 radical (unpaired) electrons. The van der Waals surface area contributed by atoms with Gasteiger partial charge in [0, 0.05) is 58.1 Å². The maximum Gasteiger partial charge on any atom is 0.0550 e. The summed E-state index contributed by atoms with van der Waals surface area (Å²) in [6.07, 6.45) is 7.43. The number of aromatic nitrogens is 4. The highest BCUT2D eigenvalue weighted by Gasteiger charge is 2.15. The molecule has 0 amide bonds. The number of fused-ring (bicyclic) bond motifs is 3. The lowest BCUT2D eigenvalue weighted by molar-refractivity contribution is 1.09. The van der Waals surface area contributed by atoms with Crippen molar-refractivity contribution in [2.24, 2.45) is 0 Å². The molecule has 8 rings (SSSR count). The molecule has 4 heterocycles. The maximum absolute atomic E-state index is 4.37. The zero-order valence-corrected chi connectivity index (χ0v) is 22.8. The first-order chi connectivity index (χ1) is 20.8. The van der Waals surface area contributed by atoms with Gasteiger partial charge in [0.1, 0.15) is 0 Å². The SMILES string of the molecule is c1cncc(-c2ccc(-c3cccnc3)n2-c2ccc(-c3cccc(-n4c5ccccc5c5ccccc54)c3)cc2)c1. The van der Waals surface area contributed by atoms with Gasteiger partial charge in [0.2, 0.25) is 0 Å². The van der Waals surface area contributed by atoms with E-state index in [9.17, 15) is 0 Å². The van der Waals surface area contributed by atoms with E-state index in [-0.39, 0.29) is 0 Å². The lowest BCUT2D eigenvalue weighted by Gasteiger charge is -2.15. The van der Waals surface area contributed by atoms with Gasteiger partial charge in [-0.1, -0.05) is 60.7 Å². The number of para-hydroxylation sites is 2. The van der Waals surface area contributed by atoms with Crippen LogP contribution in [0.1, 0.15) is 0 Å². The molecule has 42 heavy (non-hydrogen) atoms. The van der Waals surface area contributed by atoms with Crippen LogP contribution in [-0.2, 0) is 0 Å². The summed E-state index contributed by atoms with van der Waals surface area (Å²) < 4.78 is 4.65. The van der Waals surface area contributed by atoms with Crippen LogP contribution in [0, 0.1) is 0 Å². The van der Waals surface area contributed by atoms with Gasteiger partial charge in [0.15, 0.2) is 0 Å². The smallest absolute Gasteiger partial charge is 0.0550 e. The molecule has 0 atom stereocenters. The Morgan fingerprint density at radius 3 is 1.52 bits per heavy atom. The quantitative estimate of drug-likeness (QED) is 0.219. The van der Waals surface area contributed by atoms with Crippen LogP contribution in [0.15, 0.2) is 158 Å². The van der Waals surface area contributed by atoms with Crippen LogP contribution >= 0.6 is 0 Å². The molecule has 0 aliphatic rings. The topological polar surface area (TPSA) is 35.6 Å². The molecule has 8 aromatic rings. The second-order valence-corrected chi connectivity index (χ2v) is 10.4. The van der Waals surface area contributed by atoms with Crippen LogP contribution in [0.5, 0.6) is 0 Å². The van der Waals surface area contributed by atoms with Crippen LogP contribution in [0.25, 0.3) is 66.8 Å². The van der Waals surface area contributed by atoms with Gasteiger partial charge in [0.05, 0.1) is 22.4 Å². The number of pyridine rings is 2. The van der Waals surface area contributed by atoms with Crippen molar-refractivity contribution in [3.63, 3.8) is 0 Å². The van der Waals surface area contributed by atoms with E-state index >= 15 is 0 Å². The van der Waals surface area contributed by atoms with Gasteiger partial charge >= 0.3 is 0 Å². The van der Waals surface area contributed by atoms with Crippen molar-refractivity contribution in [3.8, 4) is 45.0 Å². The molecule has 0 spiro atoms. The lowest BCUT2D eigenvalue weighted by atomic mass is 10.0. The molecule has 4 nitrogen and oxygen atoms in total. The number of benzene rings is 4. The Labute approximate surface area is 243 Å². The Morgan fingerprint density at radius 2 is 0.952 bits per heavy atom. The first-order valence-electron chi connectivity index (χ1n) is 14.1. The lowest BCUT2D eigenvalue weighted by Crippen LogP contribution is -2.00. The molecule has 4 heteroatoms. The molecule has 0 aliphatic heterocycles. The van der Waals surface area contributed by atoms with E-state index in [4.69, 9.17) is 0 Å². The minimum atomic E-state index is 1.07. The highest BCUT2D eigenvalue weighted by atomic mass is 15.0. The van der Waals surface area contributed by atoms with Gasteiger partial charge in [-0.15, -0.1) is 0 Å². The Hall–Kier alpha value is -5.74. The molecular formula is C38H26N4. The van der Waals surface area contributed by atoms with Crippen LogP contribution in [0.4, 0.5) is 0 Å². The fraction of sp³-hybridized carbons (Fsp3) is 0. The summed E-state index contributed by atoms with van der Waals surface area (Å²) in [4.78, 5) is 8.74. The average Bonchev–Trinajstić information content (AvgIpc) is 3.66. The second kappa shape index (κ2) is 10.0. The summed E-state index contributed by atoms with van der Waals surface area (Å²) in [6, 6.07) is 47.3. The highest BCUT2D eigenvalue weighted by Crippen LogP contribution is 2.35. The summed E-state index contributed by atoms with van der Waals surface area (Å²) in [5.74, 6) is 0. The number of hydrogen-bond donors (Lipinski definition) is 0. The Kier molecular flexibility index (Phi) is 5.75. The third-order valence-corrected chi connectivity index (χ3v) is 7.94. The molecule has 198 valence electrons. The molecule has 4 aromatic heterocycles. The Morgan fingerprint density at radius 1 is 0.381 bits per heavy atom. The van der Waals surface area contributed by atoms with Gasteiger partial charge in [-0.25, -0.2) is 0 Å². The zero-order valence-electron chi connectivity index (χ0n) is 22.8. The number of nitrogens with zero attached hydrogens (tertiary/aromatic N) is 4. The van der Waals surface area contributed by atoms with Crippen molar-refractivity contribution >= 4 is 21.8 Å². The van der Waals surface area contributed by atoms with E-state index in [0.29, 0.717) is 0 Å². The van der Waals surface area contributed by atoms with Gasteiger partial charge in [-0.3, -0.25) is 9.97 Å². The predicted octanol–water partition coefficient (Wildman–Crippen LogP) is 9.37. The third-order valence-electron chi connectivity index (χ3n) is 7.94. The first-order valence-corrected chi connectivity index (χ1v) is 14.1. The normalized spacial score (nSPS) is 11.3. The summed E-state index contributed by atoms with van der Waals surface area (Å²) in [5.41, 5.74) is 11.3. The Bertz CT molecular complexity index is 2060. The molecule has 0 bridgehead atoms. The van der Waals surface area contributed by atoms with E-state index in [1.54, 1.807) is 12.4 Å². The third kappa shape index (κ3) is 4.01. The summed E-state index contributed by atoms with van der Waals surface area (Å²) >= 11 is 0. The van der Waals surface area contributed by atoms with Gasteiger partial charge < -0.3 is 9.13 Å². The first kappa shape index (κ1) is 24.1. The van der Waals surface area contributed by atoms with Gasteiger partial charge in [-0.2, -0.15) is 0 Å². The van der Waals surface area contributed by atoms with E-state index in [1.165, 1.54) is 32.9 Å². The molecule has 0 saturated heterocycles. The summed E-state index contributed by atoms with van der Waals surface area (Å²) in [5, 5.41) is 2.53. The van der Waals surface area contributed by atoms with E-state index in [1.807, 2.05) is 24.5 Å². The molecule has 0 unspecified atom stereocenters. The molecule has 0 N–H and O–H groups in total. The maximum atomic E-state index is 4.37. The molecule has 0 aliphatic carbocycles. The van der Waals surface area contributed by atoms with Gasteiger partial charge in [0.25, 0.3) is 0 Å². The molecule has 0 fully saturated rings. The van der Waals surface area contributed by atoms with Crippen molar-refractivity contribution in [2.75, 3.05) is 0 Å². The van der Waals surface area contributed by atoms with Gasteiger partial charge in [-0.05, 0) is 83.9 Å². The van der Waals surface area contributed by atoms with E-state index in [2.05, 4.69) is 140 Å². The Balaban J connectivity index is 1.23. The minimum absolute atomic E-state index is 1.07. The number of hydrogen-bond acceptors (Lipinski definition) is 2. The summed E-state index contributed by atoms with van der Waals surface area (Å²) in [6.45, 7) is 0. The standard InChI is InChI=1S/C38H26N4/c1-3-14-37-33(12-1)34-13-2-4-15-38(34)42(37)32-11-5-8-28(24-32)27-16-18-31(19-17-27)41-35(29-9-6-22-39-25-29)20-21-36(41)30-10-7-23-40-26-30/h1-26H. The van der Waals surface area contributed by atoms with Crippen molar-refractivity contribution in [3.05, 3.63) is 158 Å². The van der Waals surface area contributed by atoms with Crippen molar-refractivity contribution in [2.45, 2.75) is 0 Å². The highest BCUT2D eigenvalue weighted by molar-refractivity contribution is 6.09. The molecular weight excluding hydrogens is 512 g/mol. The monoisotopic (exact) mass is 538 g/mol. The summed E-state index contributed by atoms with van der Waals surface area (Å²) in [7, 11) is 0. The molecule has 0 saturated carbocycles. The minimum Gasteiger partial charge on any atom is -0.309 e. The second-order valence-electron chi connectivity index (χ2n) is 10.4. The van der Waals surface area contributed by atoms with Crippen LogP contribution < -0.4 is 0 Å². The van der Waals surface area contributed by atoms with E-state index < -0.39 is 0 Å². The van der Waals surface area contributed by atoms with Crippen LogP contribution in [-0.4, -0.2) is 19.1 Å². The van der Waals surface area contributed by atoms with E-state index in [0.717, 1.165) is 33.9 Å². The fourth-order valence-corrected chi connectivity index (χ4v) is 6.02. The van der Waals surface area contributed by atoms with Crippen LogP contribution in [0.3, 0.4) is 0 Å². The fourth-order valence-electron chi connectivity index (χ4n) is 6.02. The van der Waals surface area contributed by atoms with Crippen LogP contribution in [0.2, 0.25) is 0 Å². The van der Waals surface area contributed by atoms with Crippen molar-refractivity contribution in [1.82, 2.24) is 19.1 Å². The number of rotatable bonds is 5. The molecule has 4 aromatic carbocycles. The average molecular weight is 539 g/mol. The largest absolute Gasteiger partial charge is 0.309 e. The zero-order chi connectivity index (χ0) is 27.9.